The van der Waals surface area contributed by atoms with E-state index in [-0.39, 0.29) is 5.03 Å². The minimum Gasteiger partial charge on any atom is -0.241 e. The van der Waals surface area contributed by atoms with E-state index in [1.165, 1.54) is 6.07 Å². The molecule has 0 aliphatic rings. The summed E-state index contributed by atoms with van der Waals surface area (Å²) in [7, 11) is -7.55. The lowest BCUT2D eigenvalue weighted by molar-refractivity contribution is 0.585. The summed E-state index contributed by atoms with van der Waals surface area (Å²) < 4.78 is 45.2. The first-order valence-electron chi connectivity index (χ1n) is 5.29. The molecule has 1 rings (SSSR count). The summed E-state index contributed by atoms with van der Waals surface area (Å²) in [5.41, 5.74) is 0.613. The van der Waals surface area contributed by atoms with Crippen LogP contribution in [0.2, 0.25) is 0 Å². The third-order valence-electron chi connectivity index (χ3n) is 2.16. The van der Waals surface area contributed by atoms with E-state index >= 15 is 0 Å². The fraction of sp³-hybridized carbons (Fsp3) is 0.556. The maximum atomic E-state index is 11.8. The monoisotopic (exact) mass is 293 g/mol. The lowest BCUT2D eigenvalue weighted by Crippen LogP contribution is -2.23. The minimum absolute atomic E-state index is 0.162. The van der Waals surface area contributed by atoms with E-state index in [1.54, 1.807) is 0 Å². The summed E-state index contributed by atoms with van der Waals surface area (Å²) in [6.45, 7) is 1.94. The second kappa shape index (κ2) is 5.72. The number of sulfonamides is 1. The Morgan fingerprint density at radius 2 is 1.83 bits per heavy atom. The molecule has 1 aromatic rings. The third kappa shape index (κ3) is 4.67. The zero-order valence-electron chi connectivity index (χ0n) is 9.90. The zero-order valence-corrected chi connectivity index (χ0v) is 11.5. The van der Waals surface area contributed by atoms with Crippen molar-refractivity contribution < 1.29 is 16.8 Å². The molecule has 7 nitrogen and oxygen atoms in total. The summed E-state index contributed by atoms with van der Waals surface area (Å²) in [5.74, 6) is -1.20. The highest BCUT2D eigenvalue weighted by Gasteiger charge is 2.19. The number of aryl methyl sites for hydroxylation is 1. The van der Waals surface area contributed by atoms with Gasteiger partial charge < -0.3 is 0 Å². The summed E-state index contributed by atoms with van der Waals surface area (Å²) in [4.78, 5) is 7.59. The molecule has 0 radical (unpaired) electrons. The van der Waals surface area contributed by atoms with Crippen molar-refractivity contribution in [2.75, 3.05) is 11.5 Å². The fourth-order valence-electron chi connectivity index (χ4n) is 1.27. The highest BCUT2D eigenvalue weighted by atomic mass is 32.2. The highest BCUT2D eigenvalue weighted by molar-refractivity contribution is 7.94. The molecule has 0 aliphatic heterocycles. The zero-order chi connectivity index (χ0) is 13.8. The molecular formula is C9H15N3O4S2. The standard InChI is InChI=1S/C9H15N3O4S2/c1-2-3-8-6-9(12-7-11-8)17(13,14)4-5-18(10,15)16/h6-7H,2-5H2,1H3,(H2,10,15,16). The van der Waals surface area contributed by atoms with E-state index in [4.69, 9.17) is 5.14 Å². The Labute approximate surface area is 106 Å². The van der Waals surface area contributed by atoms with E-state index in [0.29, 0.717) is 12.1 Å². The van der Waals surface area contributed by atoms with E-state index in [1.807, 2.05) is 6.92 Å². The summed E-state index contributed by atoms with van der Waals surface area (Å²) in [6.07, 6.45) is 2.63. The van der Waals surface area contributed by atoms with Gasteiger partial charge in [0.25, 0.3) is 0 Å². The van der Waals surface area contributed by atoms with Crippen LogP contribution in [0, 0.1) is 0 Å². The van der Waals surface area contributed by atoms with Crippen molar-refractivity contribution in [1.29, 1.82) is 0 Å². The van der Waals surface area contributed by atoms with Crippen molar-refractivity contribution in [2.45, 2.75) is 24.8 Å². The number of aromatic nitrogens is 2. The van der Waals surface area contributed by atoms with Gasteiger partial charge in [0.1, 0.15) is 6.33 Å². The molecule has 102 valence electrons. The van der Waals surface area contributed by atoms with Crippen LogP contribution in [-0.2, 0) is 26.3 Å². The molecule has 0 fully saturated rings. The first-order chi connectivity index (χ1) is 8.24. The number of hydrogen-bond acceptors (Lipinski definition) is 6. The fourth-order valence-corrected chi connectivity index (χ4v) is 3.81. The van der Waals surface area contributed by atoms with Crippen molar-refractivity contribution in [2.24, 2.45) is 5.14 Å². The van der Waals surface area contributed by atoms with Crippen LogP contribution in [0.3, 0.4) is 0 Å². The van der Waals surface area contributed by atoms with E-state index in [9.17, 15) is 16.8 Å². The largest absolute Gasteiger partial charge is 0.241 e. The molecule has 0 amide bonds. The predicted octanol–water partition coefficient (Wildman–Crippen LogP) is -0.509. The molecule has 0 atom stereocenters. The van der Waals surface area contributed by atoms with Crippen LogP contribution in [0.4, 0.5) is 0 Å². The van der Waals surface area contributed by atoms with Gasteiger partial charge in [-0.25, -0.2) is 31.9 Å². The van der Waals surface area contributed by atoms with Crippen LogP contribution in [0.5, 0.6) is 0 Å². The van der Waals surface area contributed by atoms with Crippen LogP contribution in [-0.4, -0.2) is 38.3 Å². The highest BCUT2D eigenvalue weighted by Crippen LogP contribution is 2.10. The lowest BCUT2D eigenvalue weighted by atomic mass is 10.2. The molecule has 0 aromatic carbocycles. The Morgan fingerprint density at radius 1 is 1.17 bits per heavy atom. The van der Waals surface area contributed by atoms with Gasteiger partial charge in [-0.15, -0.1) is 0 Å². The van der Waals surface area contributed by atoms with E-state index in [2.05, 4.69) is 9.97 Å². The Hall–Kier alpha value is -1.06. The van der Waals surface area contributed by atoms with Crippen LogP contribution in [0.15, 0.2) is 17.4 Å². The quantitative estimate of drug-likeness (QED) is 0.705. The summed E-state index contributed by atoms with van der Waals surface area (Å²) >= 11 is 0. The van der Waals surface area contributed by atoms with Gasteiger partial charge in [0.2, 0.25) is 10.0 Å². The molecule has 9 heteroatoms. The average Bonchev–Trinajstić information content (AvgIpc) is 2.27. The number of hydrogen-bond donors (Lipinski definition) is 1. The number of rotatable bonds is 6. The van der Waals surface area contributed by atoms with E-state index < -0.39 is 31.4 Å². The van der Waals surface area contributed by atoms with Crippen LogP contribution >= 0.6 is 0 Å². The summed E-state index contributed by atoms with van der Waals surface area (Å²) in [6, 6.07) is 1.36. The molecule has 1 heterocycles. The molecule has 0 unspecified atom stereocenters. The molecule has 2 N–H and O–H groups in total. The van der Waals surface area contributed by atoms with Crippen LogP contribution in [0.25, 0.3) is 0 Å². The Morgan fingerprint density at radius 3 is 2.39 bits per heavy atom. The second-order valence-electron chi connectivity index (χ2n) is 3.78. The van der Waals surface area contributed by atoms with Crippen LogP contribution < -0.4 is 5.14 Å². The van der Waals surface area contributed by atoms with Gasteiger partial charge in [0.05, 0.1) is 11.5 Å². The van der Waals surface area contributed by atoms with Crippen molar-refractivity contribution in [3.05, 3.63) is 18.1 Å². The molecule has 0 saturated carbocycles. The minimum atomic E-state index is -3.81. The number of nitrogens with zero attached hydrogens (tertiary/aromatic N) is 2. The third-order valence-corrected chi connectivity index (χ3v) is 4.79. The van der Waals surface area contributed by atoms with Crippen molar-refractivity contribution in [3.63, 3.8) is 0 Å². The average molecular weight is 293 g/mol. The van der Waals surface area contributed by atoms with Gasteiger partial charge in [-0.2, -0.15) is 0 Å². The van der Waals surface area contributed by atoms with Crippen molar-refractivity contribution in [3.8, 4) is 0 Å². The maximum Gasteiger partial charge on any atom is 0.210 e. The predicted molar refractivity (Wildman–Crippen MR) is 66.1 cm³/mol. The number of sulfone groups is 1. The van der Waals surface area contributed by atoms with E-state index in [0.717, 1.165) is 12.7 Å². The molecular weight excluding hydrogens is 278 g/mol. The normalized spacial score (nSPS) is 12.6. The molecule has 0 spiro atoms. The molecule has 18 heavy (non-hydrogen) atoms. The Balaban J connectivity index is 2.94. The lowest BCUT2D eigenvalue weighted by Gasteiger charge is -2.04. The Bertz CT molecular complexity index is 610. The first-order valence-corrected chi connectivity index (χ1v) is 8.65. The molecule has 0 bridgehead atoms. The number of nitrogens with two attached hydrogens (primary N) is 1. The Kier molecular flexibility index (Phi) is 4.77. The first kappa shape index (κ1) is 15.0. The molecule has 0 aliphatic carbocycles. The van der Waals surface area contributed by atoms with Gasteiger partial charge in [-0.1, -0.05) is 13.3 Å². The van der Waals surface area contributed by atoms with Gasteiger partial charge in [-0.05, 0) is 12.5 Å². The van der Waals surface area contributed by atoms with Crippen LogP contribution in [0.1, 0.15) is 19.0 Å². The summed E-state index contributed by atoms with van der Waals surface area (Å²) in [5, 5.41) is 4.61. The van der Waals surface area contributed by atoms with Gasteiger partial charge >= 0.3 is 0 Å². The second-order valence-corrected chi connectivity index (χ2v) is 7.57. The topological polar surface area (TPSA) is 120 Å². The smallest absolute Gasteiger partial charge is 0.210 e. The van der Waals surface area contributed by atoms with Gasteiger partial charge in [0.15, 0.2) is 14.9 Å². The maximum absolute atomic E-state index is 11.8. The molecule has 1 aromatic heterocycles. The SMILES string of the molecule is CCCc1cc(S(=O)(=O)CCS(N)(=O)=O)ncn1. The van der Waals surface area contributed by atoms with Crippen molar-refractivity contribution in [1.82, 2.24) is 9.97 Å². The number of primary sulfonamides is 1. The van der Waals surface area contributed by atoms with Gasteiger partial charge in [-0.3, -0.25) is 0 Å². The molecule has 0 saturated heterocycles. The van der Waals surface area contributed by atoms with Gasteiger partial charge in [0, 0.05) is 5.69 Å². The van der Waals surface area contributed by atoms with Crippen molar-refractivity contribution >= 4 is 19.9 Å².